The molecule has 1 unspecified atom stereocenters. The van der Waals surface area contributed by atoms with Gasteiger partial charge in [-0.3, -0.25) is 4.79 Å². The van der Waals surface area contributed by atoms with E-state index in [1.807, 2.05) is 18.2 Å². The summed E-state index contributed by atoms with van der Waals surface area (Å²) in [4.78, 5) is 10.9. The minimum atomic E-state index is -0.866. The number of benzene rings is 2. The van der Waals surface area contributed by atoms with Gasteiger partial charge in [0.25, 0.3) is 5.91 Å². The molecule has 0 spiro atoms. The van der Waals surface area contributed by atoms with Crippen molar-refractivity contribution in [1.82, 2.24) is 5.32 Å². The van der Waals surface area contributed by atoms with E-state index in [0.717, 1.165) is 17.5 Å². The molecule has 0 fully saturated rings. The van der Waals surface area contributed by atoms with E-state index in [1.54, 1.807) is 12.1 Å². The molecule has 1 aliphatic carbocycles. The minimum Gasteiger partial charge on any atom is -0.493 e. The van der Waals surface area contributed by atoms with Crippen LogP contribution in [0.15, 0.2) is 36.4 Å². The van der Waals surface area contributed by atoms with E-state index in [2.05, 4.69) is 11.4 Å². The number of carbonyl (C=O) groups excluding carboxylic acids is 1. The number of rotatable bonds is 8. The van der Waals surface area contributed by atoms with Crippen molar-refractivity contribution < 1.29 is 19.4 Å². The first-order chi connectivity index (χ1) is 12.9. The van der Waals surface area contributed by atoms with Crippen LogP contribution in [0.4, 0.5) is 0 Å². The maximum atomic E-state index is 11.0. The van der Waals surface area contributed by atoms with Crippen LogP contribution < -0.4 is 20.5 Å². The first-order valence-electron chi connectivity index (χ1n) is 8.72. The fourth-order valence-electron chi connectivity index (χ4n) is 3.42. The highest BCUT2D eigenvalue weighted by Gasteiger charge is 2.35. The summed E-state index contributed by atoms with van der Waals surface area (Å²) in [6.45, 7) is 0.653. The molecule has 0 aromatic heterocycles. The number of nitrogens with two attached hydrogens (primary N) is 1. The molecule has 2 aromatic carbocycles. The molecule has 1 aliphatic rings. The number of hydrogen-bond acceptors (Lipinski definition) is 5. The highest BCUT2D eigenvalue weighted by molar-refractivity contribution is 6.32. The zero-order chi connectivity index (χ0) is 19.4. The van der Waals surface area contributed by atoms with E-state index in [-0.39, 0.29) is 12.4 Å². The van der Waals surface area contributed by atoms with E-state index >= 15 is 0 Å². The molecule has 0 heterocycles. The average Bonchev–Trinajstić information content (AvgIpc) is 2.98. The number of primary amides is 1. The summed E-state index contributed by atoms with van der Waals surface area (Å²) >= 11 is 6.26. The van der Waals surface area contributed by atoms with Crippen molar-refractivity contribution in [2.75, 3.05) is 20.3 Å². The summed E-state index contributed by atoms with van der Waals surface area (Å²) in [5.74, 6) is 0.111. The number of aliphatic hydroxyl groups is 1. The molecule has 0 radical (unpaired) electrons. The van der Waals surface area contributed by atoms with Crippen LogP contribution in [0.3, 0.4) is 0 Å². The molecule has 7 heteroatoms. The van der Waals surface area contributed by atoms with Gasteiger partial charge in [-0.05, 0) is 41.7 Å². The largest absolute Gasteiger partial charge is 0.493 e. The van der Waals surface area contributed by atoms with Gasteiger partial charge in [0.2, 0.25) is 0 Å². The predicted molar refractivity (Wildman–Crippen MR) is 103 cm³/mol. The molecule has 2 aromatic rings. The Bertz CT molecular complexity index is 843. The van der Waals surface area contributed by atoms with E-state index in [9.17, 15) is 9.90 Å². The number of methoxy groups -OCH3 is 1. The van der Waals surface area contributed by atoms with Crippen LogP contribution in [0.25, 0.3) is 0 Å². The summed E-state index contributed by atoms with van der Waals surface area (Å²) in [6.07, 6.45) is 1.57. The minimum absolute atomic E-state index is 0.278. The van der Waals surface area contributed by atoms with Crippen LogP contribution in [0.5, 0.6) is 11.5 Å². The van der Waals surface area contributed by atoms with Gasteiger partial charge in [-0.2, -0.15) is 0 Å². The average molecular weight is 391 g/mol. The van der Waals surface area contributed by atoms with Gasteiger partial charge in [-0.25, -0.2) is 0 Å². The summed E-state index contributed by atoms with van der Waals surface area (Å²) in [7, 11) is 1.50. The molecule has 0 aliphatic heterocycles. The van der Waals surface area contributed by atoms with Crippen LogP contribution in [-0.4, -0.2) is 31.3 Å². The normalized spacial score (nSPS) is 18.2. The molecular weight excluding hydrogens is 368 g/mol. The number of amides is 1. The lowest BCUT2D eigenvalue weighted by Gasteiger charge is -2.24. The monoisotopic (exact) mass is 390 g/mol. The molecule has 3 rings (SSSR count). The molecule has 0 saturated heterocycles. The van der Waals surface area contributed by atoms with E-state index in [4.69, 9.17) is 26.8 Å². The smallest absolute Gasteiger partial charge is 0.255 e. The van der Waals surface area contributed by atoms with Crippen LogP contribution in [0, 0.1) is 0 Å². The van der Waals surface area contributed by atoms with Crippen molar-refractivity contribution >= 4 is 17.5 Å². The van der Waals surface area contributed by atoms with Crippen molar-refractivity contribution in [1.29, 1.82) is 0 Å². The number of ether oxygens (including phenoxy) is 2. The second kappa shape index (κ2) is 8.17. The molecular formula is C20H23ClN2O4. The lowest BCUT2D eigenvalue weighted by atomic mass is 9.96. The summed E-state index contributed by atoms with van der Waals surface area (Å²) in [5.41, 5.74) is 7.30. The Balaban J connectivity index is 1.66. The Morgan fingerprint density at radius 3 is 2.89 bits per heavy atom. The quantitative estimate of drug-likeness (QED) is 0.642. The number of nitrogens with one attached hydrogen (secondary N) is 1. The van der Waals surface area contributed by atoms with Crippen molar-refractivity contribution in [3.63, 3.8) is 0 Å². The molecule has 27 heavy (non-hydrogen) atoms. The van der Waals surface area contributed by atoms with Gasteiger partial charge in [-0.15, -0.1) is 0 Å². The highest BCUT2D eigenvalue weighted by Crippen LogP contribution is 2.37. The third-order valence-electron chi connectivity index (χ3n) is 4.72. The van der Waals surface area contributed by atoms with E-state index in [1.165, 1.54) is 12.7 Å². The Morgan fingerprint density at radius 1 is 1.37 bits per heavy atom. The Kier molecular flexibility index (Phi) is 5.89. The SMILES string of the molecule is COc1cc(CNCC2(O)CCc3ccccc32)cc(Cl)c1OCC(N)=O. The summed E-state index contributed by atoms with van der Waals surface area (Å²) < 4.78 is 10.6. The van der Waals surface area contributed by atoms with Crippen LogP contribution >= 0.6 is 11.6 Å². The van der Waals surface area contributed by atoms with Crippen LogP contribution in [-0.2, 0) is 23.4 Å². The Hall–Kier alpha value is -2.28. The van der Waals surface area contributed by atoms with Crippen molar-refractivity contribution in [3.05, 3.63) is 58.1 Å². The Morgan fingerprint density at radius 2 is 2.15 bits per heavy atom. The van der Waals surface area contributed by atoms with Crippen LogP contribution in [0.2, 0.25) is 5.02 Å². The number of hydrogen-bond donors (Lipinski definition) is 3. The zero-order valence-electron chi connectivity index (χ0n) is 15.1. The maximum Gasteiger partial charge on any atom is 0.255 e. The van der Waals surface area contributed by atoms with Gasteiger partial charge in [0.15, 0.2) is 18.1 Å². The Labute approximate surface area is 163 Å². The third-order valence-corrected chi connectivity index (χ3v) is 5.00. The third kappa shape index (κ3) is 4.35. The zero-order valence-corrected chi connectivity index (χ0v) is 15.9. The first-order valence-corrected chi connectivity index (χ1v) is 9.10. The highest BCUT2D eigenvalue weighted by atomic mass is 35.5. The van der Waals surface area contributed by atoms with Crippen molar-refractivity contribution in [2.24, 2.45) is 5.73 Å². The van der Waals surface area contributed by atoms with E-state index < -0.39 is 11.5 Å². The molecule has 0 bridgehead atoms. The van der Waals surface area contributed by atoms with Gasteiger partial charge in [0.05, 0.1) is 12.1 Å². The molecule has 1 amide bonds. The summed E-state index contributed by atoms with van der Waals surface area (Å²) in [5, 5.41) is 14.6. The van der Waals surface area contributed by atoms with Crippen molar-refractivity contribution in [3.8, 4) is 11.5 Å². The molecule has 6 nitrogen and oxygen atoms in total. The van der Waals surface area contributed by atoms with Crippen molar-refractivity contribution in [2.45, 2.75) is 25.0 Å². The molecule has 1 atom stereocenters. The standard InChI is InChI=1S/C20H23ClN2O4/c1-26-17-9-13(8-16(21)19(17)27-11-18(22)24)10-23-12-20(25)7-6-14-4-2-3-5-15(14)20/h2-5,8-9,23,25H,6-7,10-12H2,1H3,(H2,22,24). The second-order valence-electron chi connectivity index (χ2n) is 6.66. The fraction of sp³-hybridized carbons (Fsp3) is 0.350. The topological polar surface area (TPSA) is 93.8 Å². The number of carbonyl (C=O) groups is 1. The molecule has 4 N–H and O–H groups in total. The van der Waals surface area contributed by atoms with Gasteiger partial charge in [-0.1, -0.05) is 35.9 Å². The number of aryl methyl sites for hydroxylation is 1. The lowest BCUT2D eigenvalue weighted by molar-refractivity contribution is -0.119. The second-order valence-corrected chi connectivity index (χ2v) is 7.06. The number of fused-ring (bicyclic) bond motifs is 1. The van der Waals surface area contributed by atoms with Crippen LogP contribution in [0.1, 0.15) is 23.1 Å². The van der Waals surface area contributed by atoms with Gasteiger partial charge < -0.3 is 25.6 Å². The predicted octanol–water partition coefficient (Wildman–Crippen LogP) is 2.14. The molecule has 144 valence electrons. The van der Waals surface area contributed by atoms with E-state index in [0.29, 0.717) is 30.3 Å². The maximum absolute atomic E-state index is 11.0. The van der Waals surface area contributed by atoms with Gasteiger partial charge in [0, 0.05) is 13.1 Å². The first kappa shape index (κ1) is 19.5. The van der Waals surface area contributed by atoms with Gasteiger partial charge in [0.1, 0.15) is 5.60 Å². The fourth-order valence-corrected chi connectivity index (χ4v) is 3.71. The van der Waals surface area contributed by atoms with Gasteiger partial charge >= 0.3 is 0 Å². The molecule has 0 saturated carbocycles. The lowest BCUT2D eigenvalue weighted by Crippen LogP contribution is -2.36. The summed E-state index contributed by atoms with van der Waals surface area (Å²) in [6, 6.07) is 11.5. The number of halogens is 1.